The first-order valence-electron chi connectivity index (χ1n) is 7.87. The number of rotatable bonds is 5. The van der Waals surface area contributed by atoms with Gasteiger partial charge < -0.3 is 14.7 Å². The van der Waals surface area contributed by atoms with Gasteiger partial charge in [-0.05, 0) is 26.3 Å². The summed E-state index contributed by atoms with van der Waals surface area (Å²) in [6.45, 7) is 6.37. The predicted octanol–water partition coefficient (Wildman–Crippen LogP) is 0.942. The molecule has 0 spiro atoms. The fourth-order valence-corrected chi connectivity index (χ4v) is 2.96. The fraction of sp³-hybridized carbons (Fsp3) is 0.867. The van der Waals surface area contributed by atoms with Crippen LogP contribution in [0.5, 0.6) is 0 Å². The van der Waals surface area contributed by atoms with Crippen LogP contribution in [-0.4, -0.2) is 72.3 Å². The number of carbonyl (C=O) groups excluding carboxylic acids is 2. The van der Waals surface area contributed by atoms with E-state index in [0.29, 0.717) is 24.8 Å². The van der Waals surface area contributed by atoms with Crippen LogP contribution in [0.2, 0.25) is 0 Å². The monoisotopic (exact) mass is 281 g/mol. The van der Waals surface area contributed by atoms with Crippen LogP contribution in [0.4, 0.5) is 0 Å². The zero-order valence-corrected chi connectivity index (χ0v) is 12.8. The van der Waals surface area contributed by atoms with Crippen LogP contribution < -0.4 is 0 Å². The quantitative estimate of drug-likeness (QED) is 0.753. The normalized spacial score (nSPS) is 20.1. The maximum atomic E-state index is 11.8. The zero-order valence-electron chi connectivity index (χ0n) is 12.8. The minimum absolute atomic E-state index is 0.263. The lowest BCUT2D eigenvalue weighted by Gasteiger charge is -2.37. The predicted molar refractivity (Wildman–Crippen MR) is 78.3 cm³/mol. The molecular weight excluding hydrogens is 254 g/mol. The van der Waals surface area contributed by atoms with Gasteiger partial charge in [0.1, 0.15) is 0 Å². The average molecular weight is 281 g/mol. The molecule has 2 heterocycles. The summed E-state index contributed by atoms with van der Waals surface area (Å²) in [6, 6.07) is 0.514. The molecule has 0 aromatic carbocycles. The molecular formula is C15H27N3O2. The highest BCUT2D eigenvalue weighted by atomic mass is 16.2. The van der Waals surface area contributed by atoms with Crippen LogP contribution in [0.1, 0.15) is 39.0 Å². The maximum absolute atomic E-state index is 11.8. The molecule has 114 valence electrons. The van der Waals surface area contributed by atoms with Gasteiger partial charge in [-0.3, -0.25) is 9.59 Å². The van der Waals surface area contributed by atoms with Crippen LogP contribution in [0, 0.1) is 0 Å². The summed E-state index contributed by atoms with van der Waals surface area (Å²) in [4.78, 5) is 29.7. The molecule has 2 rings (SSSR count). The summed E-state index contributed by atoms with van der Waals surface area (Å²) in [5, 5.41) is 0. The van der Waals surface area contributed by atoms with Crippen molar-refractivity contribution in [1.29, 1.82) is 0 Å². The third kappa shape index (κ3) is 3.72. The number of piperidine rings is 1. The van der Waals surface area contributed by atoms with E-state index in [-0.39, 0.29) is 5.91 Å². The van der Waals surface area contributed by atoms with Crippen LogP contribution >= 0.6 is 0 Å². The molecule has 0 radical (unpaired) electrons. The van der Waals surface area contributed by atoms with Crippen molar-refractivity contribution in [2.45, 2.75) is 45.1 Å². The molecule has 0 aliphatic carbocycles. The first kappa shape index (κ1) is 15.3. The number of hydrogen-bond donors (Lipinski definition) is 0. The van der Waals surface area contributed by atoms with Gasteiger partial charge in [-0.1, -0.05) is 6.92 Å². The summed E-state index contributed by atoms with van der Waals surface area (Å²) >= 11 is 0. The molecule has 5 nitrogen and oxygen atoms in total. The minimum Gasteiger partial charge on any atom is -0.343 e. The number of carbonyl (C=O) groups is 2. The van der Waals surface area contributed by atoms with Crippen molar-refractivity contribution >= 4 is 11.8 Å². The molecule has 0 N–H and O–H groups in total. The Morgan fingerprint density at radius 1 is 1.05 bits per heavy atom. The van der Waals surface area contributed by atoms with E-state index in [0.717, 1.165) is 52.0 Å². The van der Waals surface area contributed by atoms with Crippen molar-refractivity contribution in [2.75, 3.05) is 39.8 Å². The Morgan fingerprint density at radius 3 is 2.15 bits per heavy atom. The van der Waals surface area contributed by atoms with E-state index >= 15 is 0 Å². The van der Waals surface area contributed by atoms with Gasteiger partial charge in [-0.2, -0.15) is 0 Å². The Labute approximate surface area is 121 Å². The third-order valence-corrected chi connectivity index (χ3v) is 4.63. The maximum Gasteiger partial charge on any atom is 0.223 e. The van der Waals surface area contributed by atoms with E-state index in [2.05, 4.69) is 11.9 Å². The summed E-state index contributed by atoms with van der Waals surface area (Å²) in [5.41, 5.74) is 0. The third-order valence-electron chi connectivity index (χ3n) is 4.63. The van der Waals surface area contributed by atoms with E-state index < -0.39 is 0 Å². The smallest absolute Gasteiger partial charge is 0.223 e. The van der Waals surface area contributed by atoms with Gasteiger partial charge in [-0.25, -0.2) is 0 Å². The Balaban J connectivity index is 1.67. The van der Waals surface area contributed by atoms with Gasteiger partial charge in [0.15, 0.2) is 0 Å². The van der Waals surface area contributed by atoms with E-state index in [9.17, 15) is 9.59 Å². The van der Waals surface area contributed by atoms with Gasteiger partial charge in [-0.15, -0.1) is 0 Å². The lowest BCUT2D eigenvalue weighted by Crippen LogP contribution is -2.47. The van der Waals surface area contributed by atoms with Gasteiger partial charge in [0.05, 0.1) is 0 Å². The zero-order chi connectivity index (χ0) is 14.5. The summed E-state index contributed by atoms with van der Waals surface area (Å²) in [6.07, 6.45) is 4.45. The Hall–Kier alpha value is -1.10. The van der Waals surface area contributed by atoms with Gasteiger partial charge in [0, 0.05) is 51.6 Å². The molecule has 0 saturated carbocycles. The minimum atomic E-state index is 0.263. The second kappa shape index (κ2) is 7.07. The number of nitrogens with zero attached hydrogens (tertiary/aromatic N) is 3. The molecule has 2 amide bonds. The molecule has 2 fully saturated rings. The molecule has 2 saturated heterocycles. The molecule has 0 aromatic heterocycles. The Bertz CT molecular complexity index is 347. The summed E-state index contributed by atoms with van der Waals surface area (Å²) < 4.78 is 0. The summed E-state index contributed by atoms with van der Waals surface area (Å²) in [5.74, 6) is 0.556. The fourth-order valence-electron chi connectivity index (χ4n) is 2.96. The van der Waals surface area contributed by atoms with E-state index in [1.807, 2.05) is 16.7 Å². The topological polar surface area (TPSA) is 43.9 Å². The second-order valence-electron chi connectivity index (χ2n) is 5.93. The molecule has 5 heteroatoms. The molecule has 0 unspecified atom stereocenters. The molecule has 2 aliphatic rings. The Morgan fingerprint density at radius 2 is 1.65 bits per heavy atom. The van der Waals surface area contributed by atoms with Crippen molar-refractivity contribution in [3.63, 3.8) is 0 Å². The molecule has 2 aliphatic heterocycles. The SMILES string of the molecule is CCC(=O)N1CCC(N(C)CCC(=O)N2CCC2)CC1. The lowest BCUT2D eigenvalue weighted by molar-refractivity contribution is -0.135. The van der Waals surface area contributed by atoms with Crippen molar-refractivity contribution in [1.82, 2.24) is 14.7 Å². The number of amides is 2. The highest BCUT2D eigenvalue weighted by Crippen LogP contribution is 2.17. The molecule has 0 aromatic rings. The van der Waals surface area contributed by atoms with E-state index in [1.165, 1.54) is 0 Å². The molecule has 20 heavy (non-hydrogen) atoms. The van der Waals surface area contributed by atoms with Crippen LogP contribution in [0.25, 0.3) is 0 Å². The number of likely N-dealkylation sites (tertiary alicyclic amines) is 2. The second-order valence-corrected chi connectivity index (χ2v) is 5.93. The highest BCUT2D eigenvalue weighted by Gasteiger charge is 2.25. The Kier molecular flexibility index (Phi) is 5.40. The van der Waals surface area contributed by atoms with Crippen LogP contribution in [-0.2, 0) is 9.59 Å². The van der Waals surface area contributed by atoms with Crippen LogP contribution in [0.3, 0.4) is 0 Å². The van der Waals surface area contributed by atoms with E-state index in [4.69, 9.17) is 0 Å². The summed E-state index contributed by atoms with van der Waals surface area (Å²) in [7, 11) is 2.10. The van der Waals surface area contributed by atoms with Crippen molar-refractivity contribution in [3.05, 3.63) is 0 Å². The van der Waals surface area contributed by atoms with Crippen molar-refractivity contribution < 1.29 is 9.59 Å². The number of hydrogen-bond acceptors (Lipinski definition) is 3. The average Bonchev–Trinajstić information content (AvgIpc) is 2.42. The van der Waals surface area contributed by atoms with Gasteiger partial charge in [0.25, 0.3) is 0 Å². The van der Waals surface area contributed by atoms with Crippen LogP contribution in [0.15, 0.2) is 0 Å². The largest absolute Gasteiger partial charge is 0.343 e. The van der Waals surface area contributed by atoms with Crippen molar-refractivity contribution in [3.8, 4) is 0 Å². The molecule has 0 bridgehead atoms. The van der Waals surface area contributed by atoms with Crippen molar-refractivity contribution in [2.24, 2.45) is 0 Å². The first-order valence-corrected chi connectivity index (χ1v) is 7.87. The van der Waals surface area contributed by atoms with Gasteiger partial charge >= 0.3 is 0 Å². The lowest BCUT2D eigenvalue weighted by atomic mass is 10.0. The first-order chi connectivity index (χ1) is 9.61. The highest BCUT2D eigenvalue weighted by molar-refractivity contribution is 5.77. The standard InChI is InChI=1S/C15H27N3O2/c1-3-14(19)18-11-5-13(6-12-18)16(2)10-7-15(20)17-8-4-9-17/h13H,3-12H2,1-2H3. The van der Waals surface area contributed by atoms with E-state index in [1.54, 1.807) is 0 Å². The van der Waals surface area contributed by atoms with Gasteiger partial charge in [0.2, 0.25) is 11.8 Å². The molecule has 0 atom stereocenters.